The van der Waals surface area contributed by atoms with Gasteiger partial charge in [-0.15, -0.1) is 0 Å². The lowest BCUT2D eigenvalue weighted by molar-refractivity contribution is -0.134. The summed E-state index contributed by atoms with van der Waals surface area (Å²) in [6.45, 7) is 7.17. The minimum atomic E-state index is -0.00225. The van der Waals surface area contributed by atoms with E-state index in [1.807, 2.05) is 49.9 Å². The first-order valence-corrected chi connectivity index (χ1v) is 8.23. The first-order chi connectivity index (χ1) is 11.0. The van der Waals surface area contributed by atoms with Crippen molar-refractivity contribution >= 4 is 11.8 Å². The molecule has 2 rings (SSSR count). The van der Waals surface area contributed by atoms with Crippen LogP contribution in [0.4, 0.5) is 0 Å². The van der Waals surface area contributed by atoms with Gasteiger partial charge >= 0.3 is 0 Å². The van der Waals surface area contributed by atoms with Crippen molar-refractivity contribution in [1.29, 1.82) is 0 Å². The second-order valence-corrected chi connectivity index (χ2v) is 6.42. The Balaban J connectivity index is 1.73. The largest absolute Gasteiger partial charge is 0.484 e. The number of carbonyl (C=O) groups is 2. The Labute approximate surface area is 138 Å². The molecule has 1 heterocycles. The SMILES string of the molecule is Cc1ccc(OCC(=O)N2CCC(NC(=O)C(C)C)CC2)cc1. The molecule has 0 bridgehead atoms. The average Bonchev–Trinajstić information content (AvgIpc) is 2.54. The second kappa shape index (κ2) is 7.99. The zero-order valence-electron chi connectivity index (χ0n) is 14.2. The molecule has 1 aliphatic rings. The highest BCUT2D eigenvalue weighted by atomic mass is 16.5. The fourth-order valence-corrected chi connectivity index (χ4v) is 2.51. The van der Waals surface area contributed by atoms with Gasteiger partial charge < -0.3 is 15.0 Å². The lowest BCUT2D eigenvalue weighted by atomic mass is 10.0. The fraction of sp³-hybridized carbons (Fsp3) is 0.556. The molecule has 0 atom stereocenters. The summed E-state index contributed by atoms with van der Waals surface area (Å²) in [4.78, 5) is 25.7. The molecule has 1 aromatic rings. The molecule has 1 aromatic carbocycles. The lowest BCUT2D eigenvalue weighted by Crippen LogP contribution is -2.48. The van der Waals surface area contributed by atoms with Crippen LogP contribution in [0.3, 0.4) is 0 Å². The third kappa shape index (κ3) is 5.27. The molecule has 0 aliphatic carbocycles. The number of aryl methyl sites for hydroxylation is 1. The summed E-state index contributed by atoms with van der Waals surface area (Å²) in [7, 11) is 0. The van der Waals surface area contributed by atoms with E-state index in [2.05, 4.69) is 5.32 Å². The number of rotatable bonds is 5. The molecule has 1 fully saturated rings. The van der Waals surface area contributed by atoms with Gasteiger partial charge in [-0.3, -0.25) is 9.59 Å². The minimum absolute atomic E-state index is 0.000730. The Morgan fingerprint density at radius 2 is 1.83 bits per heavy atom. The third-order valence-corrected chi connectivity index (χ3v) is 4.10. The van der Waals surface area contributed by atoms with Crippen molar-refractivity contribution in [2.24, 2.45) is 5.92 Å². The van der Waals surface area contributed by atoms with Crippen LogP contribution >= 0.6 is 0 Å². The van der Waals surface area contributed by atoms with Crippen LogP contribution in [0, 0.1) is 12.8 Å². The number of nitrogens with zero attached hydrogens (tertiary/aromatic N) is 1. The van der Waals surface area contributed by atoms with Crippen molar-refractivity contribution in [1.82, 2.24) is 10.2 Å². The van der Waals surface area contributed by atoms with Gasteiger partial charge in [0.15, 0.2) is 6.61 Å². The summed E-state index contributed by atoms with van der Waals surface area (Å²) in [5.74, 6) is 0.789. The smallest absolute Gasteiger partial charge is 0.260 e. The van der Waals surface area contributed by atoms with Crippen molar-refractivity contribution in [2.45, 2.75) is 39.7 Å². The van der Waals surface area contributed by atoms with E-state index >= 15 is 0 Å². The van der Waals surface area contributed by atoms with Crippen molar-refractivity contribution in [2.75, 3.05) is 19.7 Å². The van der Waals surface area contributed by atoms with Gasteiger partial charge in [-0.25, -0.2) is 0 Å². The topological polar surface area (TPSA) is 58.6 Å². The standard InChI is InChI=1S/C18H26N2O3/c1-13(2)18(22)19-15-8-10-20(11-9-15)17(21)12-23-16-6-4-14(3)5-7-16/h4-7,13,15H,8-12H2,1-3H3,(H,19,22). The number of carbonyl (C=O) groups excluding carboxylic acids is 2. The maximum atomic E-state index is 12.2. The molecule has 5 heteroatoms. The molecule has 0 saturated carbocycles. The normalized spacial score (nSPS) is 15.6. The van der Waals surface area contributed by atoms with E-state index in [0.29, 0.717) is 18.8 Å². The molecule has 5 nitrogen and oxygen atoms in total. The van der Waals surface area contributed by atoms with Gasteiger partial charge in [-0.2, -0.15) is 0 Å². The molecule has 1 aliphatic heterocycles. The molecule has 0 radical (unpaired) electrons. The Hall–Kier alpha value is -2.04. The van der Waals surface area contributed by atoms with Gasteiger partial charge in [0.2, 0.25) is 5.91 Å². The summed E-state index contributed by atoms with van der Waals surface area (Å²) in [6.07, 6.45) is 1.60. The van der Waals surface area contributed by atoms with Crippen molar-refractivity contribution in [3.05, 3.63) is 29.8 Å². The summed E-state index contributed by atoms with van der Waals surface area (Å²) < 4.78 is 5.54. The van der Waals surface area contributed by atoms with Crippen LogP contribution in [0.5, 0.6) is 5.75 Å². The monoisotopic (exact) mass is 318 g/mol. The molecular weight excluding hydrogens is 292 g/mol. The minimum Gasteiger partial charge on any atom is -0.484 e. The summed E-state index contributed by atoms with van der Waals surface area (Å²) in [5, 5.41) is 3.03. The van der Waals surface area contributed by atoms with Gasteiger partial charge in [0.25, 0.3) is 5.91 Å². The van der Waals surface area contributed by atoms with E-state index in [-0.39, 0.29) is 30.4 Å². The van der Waals surface area contributed by atoms with Crippen molar-refractivity contribution in [3.8, 4) is 5.75 Å². The molecule has 0 aromatic heterocycles. The third-order valence-electron chi connectivity index (χ3n) is 4.10. The van der Waals surface area contributed by atoms with Gasteiger partial charge in [0.05, 0.1) is 0 Å². The molecule has 1 saturated heterocycles. The lowest BCUT2D eigenvalue weighted by Gasteiger charge is -2.32. The summed E-state index contributed by atoms with van der Waals surface area (Å²) in [5.41, 5.74) is 1.16. The van der Waals surface area contributed by atoms with Crippen LogP contribution in [0.2, 0.25) is 0 Å². The van der Waals surface area contributed by atoms with Crippen LogP contribution in [-0.2, 0) is 9.59 Å². The zero-order valence-corrected chi connectivity index (χ0v) is 14.2. The maximum Gasteiger partial charge on any atom is 0.260 e. The van der Waals surface area contributed by atoms with Crippen LogP contribution in [0.25, 0.3) is 0 Å². The summed E-state index contributed by atoms with van der Waals surface area (Å²) in [6, 6.07) is 7.84. The molecule has 126 valence electrons. The number of hydrogen-bond donors (Lipinski definition) is 1. The highest BCUT2D eigenvalue weighted by Gasteiger charge is 2.24. The fourth-order valence-electron chi connectivity index (χ4n) is 2.51. The first kappa shape index (κ1) is 17.3. The maximum absolute atomic E-state index is 12.2. The van der Waals surface area contributed by atoms with Crippen LogP contribution in [0.1, 0.15) is 32.3 Å². The number of hydrogen-bond acceptors (Lipinski definition) is 3. The quantitative estimate of drug-likeness (QED) is 0.905. The Morgan fingerprint density at radius 3 is 2.39 bits per heavy atom. The number of benzene rings is 1. The van der Waals surface area contributed by atoms with E-state index in [0.717, 1.165) is 18.4 Å². The summed E-state index contributed by atoms with van der Waals surface area (Å²) >= 11 is 0. The van der Waals surface area contributed by atoms with Gasteiger partial charge in [-0.05, 0) is 31.9 Å². The number of piperidine rings is 1. The predicted octanol–water partition coefficient (Wildman–Crippen LogP) is 2.14. The second-order valence-electron chi connectivity index (χ2n) is 6.42. The average molecular weight is 318 g/mol. The Morgan fingerprint density at radius 1 is 1.22 bits per heavy atom. The van der Waals surface area contributed by atoms with E-state index in [1.54, 1.807) is 0 Å². The highest BCUT2D eigenvalue weighted by Crippen LogP contribution is 2.14. The molecular formula is C18H26N2O3. The predicted molar refractivity (Wildman–Crippen MR) is 89.3 cm³/mol. The molecule has 0 spiro atoms. The van der Waals surface area contributed by atoms with Crippen molar-refractivity contribution < 1.29 is 14.3 Å². The number of likely N-dealkylation sites (tertiary alicyclic amines) is 1. The molecule has 0 unspecified atom stereocenters. The number of ether oxygens (including phenoxy) is 1. The number of nitrogens with one attached hydrogen (secondary N) is 1. The van der Waals surface area contributed by atoms with Gasteiger partial charge in [0.1, 0.15) is 5.75 Å². The highest BCUT2D eigenvalue weighted by molar-refractivity contribution is 5.79. The van der Waals surface area contributed by atoms with Gasteiger partial charge in [0, 0.05) is 25.0 Å². The molecule has 1 N–H and O–H groups in total. The van der Waals surface area contributed by atoms with E-state index in [9.17, 15) is 9.59 Å². The van der Waals surface area contributed by atoms with E-state index in [1.165, 1.54) is 0 Å². The van der Waals surface area contributed by atoms with Gasteiger partial charge in [-0.1, -0.05) is 31.5 Å². The van der Waals surface area contributed by atoms with Crippen LogP contribution in [0.15, 0.2) is 24.3 Å². The first-order valence-electron chi connectivity index (χ1n) is 8.23. The number of amides is 2. The molecule has 2 amide bonds. The van der Waals surface area contributed by atoms with E-state index < -0.39 is 0 Å². The van der Waals surface area contributed by atoms with Crippen molar-refractivity contribution in [3.63, 3.8) is 0 Å². The van der Waals surface area contributed by atoms with Crippen LogP contribution in [-0.4, -0.2) is 42.5 Å². The Kier molecular flexibility index (Phi) is 6.02. The molecule has 23 heavy (non-hydrogen) atoms. The van der Waals surface area contributed by atoms with E-state index in [4.69, 9.17) is 4.74 Å². The zero-order chi connectivity index (χ0) is 16.8. The van der Waals surface area contributed by atoms with Crippen LogP contribution < -0.4 is 10.1 Å². The Bertz CT molecular complexity index is 532.